The lowest BCUT2D eigenvalue weighted by molar-refractivity contribution is 0.0694. The highest BCUT2D eigenvalue weighted by Gasteiger charge is 2.17. The molecular formula is C17H18N2O3. The third kappa shape index (κ3) is 3.20. The van der Waals surface area contributed by atoms with Crippen molar-refractivity contribution < 1.29 is 14.6 Å². The van der Waals surface area contributed by atoms with Crippen molar-refractivity contribution in [2.24, 2.45) is 0 Å². The Morgan fingerprint density at radius 3 is 2.50 bits per heavy atom. The minimum atomic E-state index is -0.988. The summed E-state index contributed by atoms with van der Waals surface area (Å²) >= 11 is 0. The summed E-state index contributed by atoms with van der Waals surface area (Å²) in [6.45, 7) is 3.65. The number of benzene rings is 2. The third-order valence-corrected chi connectivity index (χ3v) is 3.65. The molecule has 1 aliphatic rings. The zero-order valence-electron chi connectivity index (χ0n) is 12.2. The van der Waals surface area contributed by atoms with Gasteiger partial charge in [0.15, 0.2) is 0 Å². The van der Waals surface area contributed by atoms with Gasteiger partial charge in [-0.3, -0.25) is 0 Å². The van der Waals surface area contributed by atoms with Crippen molar-refractivity contribution in [3.05, 3.63) is 54.1 Å². The molecule has 0 spiro atoms. The van der Waals surface area contributed by atoms with Crippen molar-refractivity contribution in [1.82, 2.24) is 5.32 Å². The number of piperazine rings is 1. The average molecular weight is 298 g/mol. The van der Waals surface area contributed by atoms with E-state index >= 15 is 0 Å². The number of carboxylic acid groups (broad SMARTS) is 1. The predicted octanol–water partition coefficient (Wildman–Crippen LogP) is 2.59. The Hall–Kier alpha value is -2.53. The molecule has 0 amide bonds. The second-order valence-electron chi connectivity index (χ2n) is 5.14. The standard InChI is InChI=1S/C17H18N2O3/c20-17(21)15-7-6-13(19-10-8-18-9-11-19)12-16(15)22-14-4-2-1-3-5-14/h1-7,12,18H,8-11H2,(H,20,21). The molecule has 114 valence electrons. The van der Waals surface area contributed by atoms with Crippen LogP contribution in [0.1, 0.15) is 10.4 Å². The molecule has 1 heterocycles. The van der Waals surface area contributed by atoms with Crippen LogP contribution in [0.25, 0.3) is 0 Å². The molecule has 5 heteroatoms. The normalized spacial score (nSPS) is 14.6. The molecule has 5 nitrogen and oxygen atoms in total. The van der Waals surface area contributed by atoms with Crippen LogP contribution in [0.15, 0.2) is 48.5 Å². The molecule has 0 bridgehead atoms. The summed E-state index contributed by atoms with van der Waals surface area (Å²) < 4.78 is 5.78. The summed E-state index contributed by atoms with van der Waals surface area (Å²) in [7, 11) is 0. The van der Waals surface area contributed by atoms with E-state index in [1.807, 2.05) is 42.5 Å². The molecule has 1 fully saturated rings. The fourth-order valence-corrected chi connectivity index (χ4v) is 2.51. The van der Waals surface area contributed by atoms with Gasteiger partial charge in [-0.25, -0.2) is 4.79 Å². The topological polar surface area (TPSA) is 61.8 Å². The highest BCUT2D eigenvalue weighted by molar-refractivity contribution is 5.91. The Labute approximate surface area is 129 Å². The molecule has 0 atom stereocenters. The number of aromatic carboxylic acids is 1. The van der Waals surface area contributed by atoms with Crippen molar-refractivity contribution in [1.29, 1.82) is 0 Å². The van der Waals surface area contributed by atoms with Crippen LogP contribution >= 0.6 is 0 Å². The number of nitrogens with zero attached hydrogens (tertiary/aromatic N) is 1. The maximum atomic E-state index is 11.4. The van der Waals surface area contributed by atoms with E-state index in [1.54, 1.807) is 6.07 Å². The summed E-state index contributed by atoms with van der Waals surface area (Å²) in [6.07, 6.45) is 0. The van der Waals surface area contributed by atoms with E-state index in [-0.39, 0.29) is 5.56 Å². The monoisotopic (exact) mass is 298 g/mol. The van der Waals surface area contributed by atoms with Gasteiger partial charge in [0.05, 0.1) is 0 Å². The third-order valence-electron chi connectivity index (χ3n) is 3.65. The molecule has 0 aliphatic carbocycles. The van der Waals surface area contributed by atoms with Gasteiger partial charge in [-0.1, -0.05) is 18.2 Å². The van der Waals surface area contributed by atoms with E-state index in [1.165, 1.54) is 0 Å². The zero-order valence-corrected chi connectivity index (χ0v) is 12.2. The lowest BCUT2D eigenvalue weighted by atomic mass is 10.1. The largest absolute Gasteiger partial charge is 0.478 e. The van der Waals surface area contributed by atoms with Crippen molar-refractivity contribution >= 4 is 11.7 Å². The fourth-order valence-electron chi connectivity index (χ4n) is 2.51. The van der Waals surface area contributed by atoms with Gasteiger partial charge < -0.3 is 20.1 Å². The van der Waals surface area contributed by atoms with Gasteiger partial charge >= 0.3 is 5.97 Å². The first-order valence-electron chi connectivity index (χ1n) is 7.30. The minimum absolute atomic E-state index is 0.169. The van der Waals surface area contributed by atoms with Crippen molar-refractivity contribution in [2.45, 2.75) is 0 Å². The Kier molecular flexibility index (Phi) is 4.25. The van der Waals surface area contributed by atoms with Crippen molar-refractivity contribution in [3.8, 4) is 11.5 Å². The smallest absolute Gasteiger partial charge is 0.339 e. The van der Waals surface area contributed by atoms with Gasteiger partial charge in [-0.15, -0.1) is 0 Å². The molecule has 3 rings (SSSR count). The molecule has 2 aromatic rings. The number of hydrogen-bond donors (Lipinski definition) is 2. The van der Waals surface area contributed by atoms with Crippen LogP contribution < -0.4 is 15.0 Å². The Bertz CT molecular complexity index is 652. The van der Waals surface area contributed by atoms with Crippen LogP contribution in [0.3, 0.4) is 0 Å². The molecule has 2 N–H and O–H groups in total. The molecule has 2 aromatic carbocycles. The van der Waals surface area contributed by atoms with Gasteiger partial charge in [0, 0.05) is 37.9 Å². The number of anilines is 1. The minimum Gasteiger partial charge on any atom is -0.478 e. The molecule has 0 saturated carbocycles. The van der Waals surface area contributed by atoms with Crippen LogP contribution in [-0.2, 0) is 0 Å². The summed E-state index contributed by atoms with van der Waals surface area (Å²) in [5.74, 6) is 0.00925. The van der Waals surface area contributed by atoms with Gasteiger partial charge in [-0.2, -0.15) is 0 Å². The van der Waals surface area contributed by atoms with Gasteiger partial charge in [-0.05, 0) is 24.3 Å². The zero-order chi connectivity index (χ0) is 15.4. The lowest BCUT2D eigenvalue weighted by Crippen LogP contribution is -2.43. The first-order valence-corrected chi connectivity index (χ1v) is 7.30. The first kappa shape index (κ1) is 14.4. The van der Waals surface area contributed by atoms with E-state index < -0.39 is 5.97 Å². The van der Waals surface area contributed by atoms with Crippen LogP contribution in [0.5, 0.6) is 11.5 Å². The van der Waals surface area contributed by atoms with Crippen LogP contribution in [0, 0.1) is 0 Å². The Morgan fingerprint density at radius 2 is 1.82 bits per heavy atom. The SMILES string of the molecule is O=C(O)c1ccc(N2CCNCC2)cc1Oc1ccccc1. The summed E-state index contributed by atoms with van der Waals surface area (Å²) in [5, 5.41) is 12.6. The van der Waals surface area contributed by atoms with E-state index in [9.17, 15) is 9.90 Å². The van der Waals surface area contributed by atoms with Crippen LogP contribution in [0.2, 0.25) is 0 Å². The maximum Gasteiger partial charge on any atom is 0.339 e. The number of para-hydroxylation sites is 1. The van der Waals surface area contributed by atoms with Crippen molar-refractivity contribution in [3.63, 3.8) is 0 Å². The molecule has 1 aliphatic heterocycles. The van der Waals surface area contributed by atoms with Gasteiger partial charge in [0.1, 0.15) is 17.1 Å². The van der Waals surface area contributed by atoms with Gasteiger partial charge in [0.25, 0.3) is 0 Å². The molecule has 1 saturated heterocycles. The number of hydrogen-bond acceptors (Lipinski definition) is 4. The molecule has 0 aromatic heterocycles. The number of ether oxygens (including phenoxy) is 1. The molecule has 0 unspecified atom stereocenters. The van der Waals surface area contributed by atoms with E-state index in [0.29, 0.717) is 11.5 Å². The number of nitrogens with one attached hydrogen (secondary N) is 1. The van der Waals surface area contributed by atoms with Crippen LogP contribution in [0.4, 0.5) is 5.69 Å². The summed E-state index contributed by atoms with van der Waals surface area (Å²) in [4.78, 5) is 13.6. The van der Waals surface area contributed by atoms with Gasteiger partial charge in [0.2, 0.25) is 0 Å². The van der Waals surface area contributed by atoms with Crippen LogP contribution in [-0.4, -0.2) is 37.3 Å². The fraction of sp³-hybridized carbons (Fsp3) is 0.235. The highest BCUT2D eigenvalue weighted by atomic mass is 16.5. The number of carbonyl (C=O) groups is 1. The highest BCUT2D eigenvalue weighted by Crippen LogP contribution is 2.30. The molecule has 0 radical (unpaired) electrons. The summed E-state index contributed by atoms with van der Waals surface area (Å²) in [5.41, 5.74) is 1.15. The maximum absolute atomic E-state index is 11.4. The Morgan fingerprint density at radius 1 is 1.09 bits per heavy atom. The molecule has 22 heavy (non-hydrogen) atoms. The van der Waals surface area contributed by atoms with Crippen molar-refractivity contribution in [2.75, 3.05) is 31.1 Å². The lowest BCUT2D eigenvalue weighted by Gasteiger charge is -2.29. The molecular weight excluding hydrogens is 280 g/mol. The average Bonchev–Trinajstić information content (AvgIpc) is 2.56. The summed E-state index contributed by atoms with van der Waals surface area (Å²) in [6, 6.07) is 14.5. The first-order chi connectivity index (χ1) is 10.7. The number of rotatable bonds is 4. The van der Waals surface area contributed by atoms with E-state index in [0.717, 1.165) is 31.9 Å². The quantitative estimate of drug-likeness (QED) is 0.908. The predicted molar refractivity (Wildman–Crippen MR) is 85.0 cm³/mol. The van der Waals surface area contributed by atoms with E-state index in [4.69, 9.17) is 4.74 Å². The Balaban J connectivity index is 1.92. The van der Waals surface area contributed by atoms with E-state index in [2.05, 4.69) is 10.2 Å². The number of carboxylic acids is 1. The second-order valence-corrected chi connectivity index (χ2v) is 5.14. The second kappa shape index (κ2) is 6.49.